The van der Waals surface area contributed by atoms with Gasteiger partial charge in [0.15, 0.2) is 11.6 Å². The molecule has 2 rings (SSSR count). The van der Waals surface area contributed by atoms with Gasteiger partial charge in [0, 0.05) is 15.8 Å². The number of benzene rings is 1. The maximum Gasteiger partial charge on any atom is 0.183 e. The number of ether oxygens (including phenoxy) is 1. The Hall–Kier alpha value is -1.54. The van der Waals surface area contributed by atoms with E-state index in [9.17, 15) is 4.39 Å². The van der Waals surface area contributed by atoms with E-state index in [0.29, 0.717) is 6.54 Å². The molecule has 0 aliphatic heterocycles. The highest BCUT2D eigenvalue weighted by Gasteiger charge is 2.08. The Bertz CT molecular complexity index is 630. The zero-order valence-electron chi connectivity index (χ0n) is 9.95. The molecular formula is C14H11ClFNOS. The van der Waals surface area contributed by atoms with Gasteiger partial charge in [-0.1, -0.05) is 29.5 Å². The van der Waals surface area contributed by atoms with Gasteiger partial charge in [0.05, 0.1) is 11.6 Å². The molecule has 2 nitrogen and oxygen atoms in total. The molecular weight excluding hydrogens is 285 g/mol. The Morgan fingerprint density at radius 1 is 1.42 bits per heavy atom. The first-order valence-electron chi connectivity index (χ1n) is 5.54. The predicted octanol–water partition coefficient (Wildman–Crippen LogP) is 3.43. The fourth-order valence-electron chi connectivity index (χ4n) is 1.42. The average molecular weight is 296 g/mol. The van der Waals surface area contributed by atoms with Gasteiger partial charge in [0.25, 0.3) is 0 Å². The molecule has 1 aromatic heterocycles. The molecule has 19 heavy (non-hydrogen) atoms. The van der Waals surface area contributed by atoms with Crippen LogP contribution in [0.3, 0.4) is 0 Å². The number of hydrogen-bond acceptors (Lipinski definition) is 3. The van der Waals surface area contributed by atoms with Crippen molar-refractivity contribution in [3.63, 3.8) is 0 Å². The molecule has 0 unspecified atom stereocenters. The van der Waals surface area contributed by atoms with Gasteiger partial charge in [-0.15, -0.1) is 11.3 Å². The molecule has 0 spiro atoms. The van der Waals surface area contributed by atoms with Gasteiger partial charge in [-0.05, 0) is 18.2 Å². The van der Waals surface area contributed by atoms with Gasteiger partial charge in [-0.3, -0.25) is 0 Å². The summed E-state index contributed by atoms with van der Waals surface area (Å²) in [6, 6.07) is 6.57. The van der Waals surface area contributed by atoms with Gasteiger partial charge in [0.1, 0.15) is 6.61 Å². The van der Waals surface area contributed by atoms with Crippen molar-refractivity contribution in [3.05, 3.63) is 50.9 Å². The second kappa shape index (κ2) is 6.58. The third-order valence-electron chi connectivity index (χ3n) is 2.27. The smallest absolute Gasteiger partial charge is 0.183 e. The molecule has 0 amide bonds. The Labute approximate surface area is 120 Å². The third-order valence-corrected chi connectivity index (χ3v) is 3.48. The number of halogens is 2. The maximum atomic E-state index is 13.6. The Morgan fingerprint density at radius 2 is 2.26 bits per heavy atom. The summed E-state index contributed by atoms with van der Waals surface area (Å²) >= 11 is 7.18. The maximum absolute atomic E-state index is 13.6. The second-order valence-electron chi connectivity index (χ2n) is 3.65. The van der Waals surface area contributed by atoms with Crippen LogP contribution in [0.15, 0.2) is 29.6 Å². The molecule has 0 bridgehead atoms. The number of nitrogens with two attached hydrogens (primary N) is 1. The molecule has 0 radical (unpaired) electrons. The molecule has 0 saturated carbocycles. The molecule has 0 saturated heterocycles. The Balaban J connectivity index is 2.02. The lowest BCUT2D eigenvalue weighted by atomic mass is 10.3. The van der Waals surface area contributed by atoms with Crippen molar-refractivity contribution >= 4 is 22.9 Å². The normalized spacial score (nSPS) is 9.84. The molecule has 0 aliphatic rings. The van der Waals surface area contributed by atoms with E-state index < -0.39 is 5.82 Å². The summed E-state index contributed by atoms with van der Waals surface area (Å²) in [6.07, 6.45) is 0. The van der Waals surface area contributed by atoms with Crippen LogP contribution < -0.4 is 10.5 Å². The minimum Gasteiger partial charge on any atom is -0.485 e. The number of thiophene rings is 1. The molecule has 5 heteroatoms. The second-order valence-corrected chi connectivity index (χ2v) is 5.05. The lowest BCUT2D eigenvalue weighted by Crippen LogP contribution is -1.95. The van der Waals surface area contributed by atoms with Crippen molar-refractivity contribution in [2.45, 2.75) is 6.61 Å². The van der Waals surface area contributed by atoms with E-state index in [1.807, 2.05) is 11.4 Å². The fraction of sp³-hybridized carbons (Fsp3) is 0.143. The summed E-state index contributed by atoms with van der Waals surface area (Å²) in [5.74, 6) is 5.31. The topological polar surface area (TPSA) is 35.2 Å². The minimum atomic E-state index is -0.538. The van der Waals surface area contributed by atoms with Crippen LogP contribution in [0.5, 0.6) is 5.75 Å². The third kappa shape index (κ3) is 3.71. The summed E-state index contributed by atoms with van der Waals surface area (Å²) in [5.41, 5.74) is 6.19. The van der Waals surface area contributed by atoms with Crippen LogP contribution in [0.25, 0.3) is 0 Å². The zero-order chi connectivity index (χ0) is 13.7. The molecule has 0 aliphatic carbocycles. The van der Waals surface area contributed by atoms with Gasteiger partial charge in [-0.2, -0.15) is 0 Å². The first kappa shape index (κ1) is 13.9. The van der Waals surface area contributed by atoms with Gasteiger partial charge in [-0.25, -0.2) is 4.39 Å². The molecule has 2 aromatic rings. The van der Waals surface area contributed by atoms with Crippen LogP contribution in [0, 0.1) is 17.7 Å². The SMILES string of the molecule is NCC#Cc1csc(COc2cccc(Cl)c2F)c1. The van der Waals surface area contributed by atoms with E-state index in [-0.39, 0.29) is 17.4 Å². The van der Waals surface area contributed by atoms with E-state index in [4.69, 9.17) is 22.1 Å². The van der Waals surface area contributed by atoms with Crippen molar-refractivity contribution in [2.24, 2.45) is 5.73 Å². The van der Waals surface area contributed by atoms with E-state index in [2.05, 4.69) is 11.8 Å². The largest absolute Gasteiger partial charge is 0.485 e. The average Bonchev–Trinajstić information content (AvgIpc) is 2.86. The van der Waals surface area contributed by atoms with Crippen molar-refractivity contribution in [2.75, 3.05) is 6.54 Å². The van der Waals surface area contributed by atoms with Crippen LogP contribution in [0.4, 0.5) is 4.39 Å². The van der Waals surface area contributed by atoms with Crippen LogP contribution in [0.1, 0.15) is 10.4 Å². The van der Waals surface area contributed by atoms with E-state index in [0.717, 1.165) is 10.4 Å². The van der Waals surface area contributed by atoms with Crippen molar-refractivity contribution in [3.8, 4) is 17.6 Å². The Kier molecular flexibility index (Phi) is 4.80. The summed E-state index contributed by atoms with van der Waals surface area (Å²) < 4.78 is 19.0. The summed E-state index contributed by atoms with van der Waals surface area (Å²) in [7, 11) is 0. The summed E-state index contributed by atoms with van der Waals surface area (Å²) in [6.45, 7) is 0.613. The van der Waals surface area contributed by atoms with Crippen LogP contribution in [0.2, 0.25) is 5.02 Å². The molecule has 2 N–H and O–H groups in total. The molecule has 1 heterocycles. The standard InChI is InChI=1S/C14H11ClFNOS/c15-12-4-1-5-13(14(12)16)18-8-11-7-10(9-19-11)3-2-6-17/h1,4-5,7,9H,6,8,17H2. The van der Waals surface area contributed by atoms with Gasteiger partial charge >= 0.3 is 0 Å². The highest BCUT2D eigenvalue weighted by Crippen LogP contribution is 2.25. The Morgan fingerprint density at radius 3 is 3.05 bits per heavy atom. The van der Waals surface area contributed by atoms with Gasteiger partial charge in [0.2, 0.25) is 0 Å². The van der Waals surface area contributed by atoms with Crippen molar-refractivity contribution < 1.29 is 9.13 Å². The van der Waals surface area contributed by atoms with Gasteiger partial charge < -0.3 is 10.5 Å². The predicted molar refractivity (Wildman–Crippen MR) is 76.0 cm³/mol. The molecule has 0 atom stereocenters. The van der Waals surface area contributed by atoms with Crippen LogP contribution in [-0.4, -0.2) is 6.54 Å². The highest BCUT2D eigenvalue weighted by molar-refractivity contribution is 7.10. The lowest BCUT2D eigenvalue weighted by molar-refractivity contribution is 0.293. The van der Waals surface area contributed by atoms with Crippen molar-refractivity contribution in [1.82, 2.24) is 0 Å². The summed E-state index contributed by atoms with van der Waals surface area (Å²) in [5, 5.41) is 1.97. The van der Waals surface area contributed by atoms with Crippen LogP contribution in [-0.2, 0) is 6.61 Å². The highest BCUT2D eigenvalue weighted by atomic mass is 35.5. The van der Waals surface area contributed by atoms with Crippen LogP contribution >= 0.6 is 22.9 Å². The summed E-state index contributed by atoms with van der Waals surface area (Å²) in [4.78, 5) is 0.959. The lowest BCUT2D eigenvalue weighted by Gasteiger charge is -2.06. The first-order chi connectivity index (χ1) is 9.20. The minimum absolute atomic E-state index is 0.0539. The van der Waals surface area contributed by atoms with E-state index in [1.54, 1.807) is 12.1 Å². The van der Waals surface area contributed by atoms with E-state index in [1.165, 1.54) is 17.4 Å². The molecule has 1 aromatic carbocycles. The quantitative estimate of drug-likeness (QED) is 0.881. The fourth-order valence-corrected chi connectivity index (χ4v) is 2.31. The first-order valence-corrected chi connectivity index (χ1v) is 6.79. The molecule has 0 fully saturated rings. The number of hydrogen-bond donors (Lipinski definition) is 1. The van der Waals surface area contributed by atoms with E-state index >= 15 is 0 Å². The number of rotatable bonds is 3. The van der Waals surface area contributed by atoms with Crippen molar-refractivity contribution in [1.29, 1.82) is 0 Å². The zero-order valence-corrected chi connectivity index (χ0v) is 11.5. The monoisotopic (exact) mass is 295 g/mol. The molecule has 98 valence electrons.